The molecular weight excluding hydrogens is 198 g/mol. The van der Waals surface area contributed by atoms with Crippen molar-refractivity contribution >= 4 is 16.4 Å². The molecule has 77 valence electrons. The van der Waals surface area contributed by atoms with Crippen LogP contribution in [0.5, 0.6) is 0 Å². The van der Waals surface area contributed by atoms with Crippen molar-refractivity contribution in [1.29, 1.82) is 0 Å². The van der Waals surface area contributed by atoms with Gasteiger partial charge in [0.25, 0.3) is 0 Å². The monoisotopic (exact) mass is 212 g/mol. The third-order valence-electron chi connectivity index (χ3n) is 1.99. The van der Waals surface area contributed by atoms with E-state index in [2.05, 4.69) is 6.07 Å². The molecule has 0 N–H and O–H groups in total. The Hall–Kier alpha value is -1.03. The normalized spacial score (nSPS) is 10.6. The smallest absolute Gasteiger partial charge is 0.144 e. The molecule has 1 aromatic carbocycles. The molecule has 1 radical (unpaired) electrons. The van der Waals surface area contributed by atoms with Crippen LogP contribution in [-0.2, 0) is 16.5 Å². The first-order chi connectivity index (χ1) is 6.52. The molecule has 4 heteroatoms. The van der Waals surface area contributed by atoms with Gasteiger partial charge in [0.05, 0.1) is 5.75 Å². The van der Waals surface area contributed by atoms with Gasteiger partial charge in [0.2, 0.25) is 0 Å². The van der Waals surface area contributed by atoms with Crippen LogP contribution in [0, 0.1) is 13.0 Å². The van der Waals surface area contributed by atoms with Gasteiger partial charge in [-0.05, 0) is 24.1 Å². The van der Waals surface area contributed by atoms with Crippen molar-refractivity contribution in [2.75, 3.05) is 19.0 Å². The Kier molecular flexibility index (Phi) is 3.52. The van der Waals surface area contributed by atoms with Crippen molar-refractivity contribution in [2.24, 2.45) is 0 Å². The SMILES string of the molecule is Cc1[c]ccc(C[SH](=O)=O)c1N(C)C. The summed E-state index contributed by atoms with van der Waals surface area (Å²) in [6.45, 7) is 1.93. The van der Waals surface area contributed by atoms with E-state index in [9.17, 15) is 8.42 Å². The van der Waals surface area contributed by atoms with Gasteiger partial charge in [-0.2, -0.15) is 0 Å². The minimum atomic E-state index is -2.37. The Balaban J connectivity index is 3.20. The van der Waals surface area contributed by atoms with E-state index < -0.39 is 10.7 Å². The quantitative estimate of drug-likeness (QED) is 0.759. The molecule has 0 saturated carbocycles. The van der Waals surface area contributed by atoms with Crippen LogP contribution in [-0.4, -0.2) is 22.5 Å². The van der Waals surface area contributed by atoms with Crippen LogP contribution in [0.3, 0.4) is 0 Å². The predicted octanol–water partition coefficient (Wildman–Crippen LogP) is 0.973. The van der Waals surface area contributed by atoms with Crippen LogP contribution < -0.4 is 4.90 Å². The first kappa shape index (κ1) is 11.0. The highest BCUT2D eigenvalue weighted by molar-refractivity contribution is 7.71. The highest BCUT2D eigenvalue weighted by Gasteiger charge is 2.07. The standard InChI is InChI=1S/C10H14NO2S/c1-8-5-4-6-9(7-14(12)13)10(8)11(2)3/h4,6,14H,7H2,1-3H3. The maximum atomic E-state index is 10.7. The third kappa shape index (κ3) is 2.48. The zero-order valence-corrected chi connectivity index (χ0v) is 9.47. The average Bonchev–Trinajstić information content (AvgIpc) is 2.01. The van der Waals surface area contributed by atoms with E-state index in [1.54, 1.807) is 12.1 Å². The van der Waals surface area contributed by atoms with Crippen molar-refractivity contribution in [3.05, 3.63) is 29.3 Å². The van der Waals surface area contributed by atoms with E-state index in [0.717, 1.165) is 16.8 Å². The van der Waals surface area contributed by atoms with Crippen LogP contribution in [0.2, 0.25) is 0 Å². The van der Waals surface area contributed by atoms with Gasteiger partial charge in [-0.3, -0.25) is 0 Å². The van der Waals surface area contributed by atoms with E-state index >= 15 is 0 Å². The second kappa shape index (κ2) is 4.46. The summed E-state index contributed by atoms with van der Waals surface area (Å²) >= 11 is 0. The van der Waals surface area contributed by atoms with Gasteiger partial charge in [0, 0.05) is 19.8 Å². The van der Waals surface area contributed by atoms with Gasteiger partial charge < -0.3 is 4.90 Å². The van der Waals surface area contributed by atoms with Gasteiger partial charge in [0.1, 0.15) is 10.7 Å². The molecule has 0 aliphatic rings. The van der Waals surface area contributed by atoms with Gasteiger partial charge in [-0.1, -0.05) is 12.1 Å². The van der Waals surface area contributed by atoms with E-state index in [-0.39, 0.29) is 5.75 Å². The molecule has 3 nitrogen and oxygen atoms in total. The zero-order chi connectivity index (χ0) is 10.7. The van der Waals surface area contributed by atoms with Gasteiger partial charge in [-0.25, -0.2) is 8.42 Å². The molecule has 0 spiro atoms. The van der Waals surface area contributed by atoms with Crippen molar-refractivity contribution in [3.63, 3.8) is 0 Å². The molecule has 0 aliphatic carbocycles. The second-order valence-corrected chi connectivity index (χ2v) is 4.34. The number of anilines is 1. The molecule has 0 heterocycles. The Bertz CT molecular complexity index is 389. The summed E-state index contributed by atoms with van der Waals surface area (Å²) in [5.74, 6) is 0.0956. The Labute approximate surface area is 86.3 Å². The number of thiol groups is 1. The van der Waals surface area contributed by atoms with Crippen LogP contribution >= 0.6 is 0 Å². The lowest BCUT2D eigenvalue weighted by Crippen LogP contribution is -2.13. The number of rotatable bonds is 3. The third-order valence-corrected chi connectivity index (χ3v) is 2.59. The number of hydrogen-bond donors (Lipinski definition) is 1. The largest absolute Gasteiger partial charge is 0.377 e. The summed E-state index contributed by atoms with van der Waals surface area (Å²) in [6.07, 6.45) is 0. The average molecular weight is 212 g/mol. The first-order valence-corrected chi connectivity index (χ1v) is 5.68. The fourth-order valence-electron chi connectivity index (χ4n) is 1.54. The van der Waals surface area contributed by atoms with Gasteiger partial charge in [-0.15, -0.1) is 0 Å². The van der Waals surface area contributed by atoms with Crippen molar-refractivity contribution < 1.29 is 8.42 Å². The fraction of sp³-hybridized carbons (Fsp3) is 0.400. The Morgan fingerprint density at radius 3 is 2.57 bits per heavy atom. The lowest BCUT2D eigenvalue weighted by molar-refractivity contribution is 0.614. The van der Waals surface area contributed by atoms with Crippen LogP contribution in [0.25, 0.3) is 0 Å². The van der Waals surface area contributed by atoms with Crippen LogP contribution in [0.15, 0.2) is 12.1 Å². The topological polar surface area (TPSA) is 37.4 Å². The molecular formula is C10H14NO2S. The predicted molar refractivity (Wildman–Crippen MR) is 58.4 cm³/mol. The molecule has 0 aromatic heterocycles. The van der Waals surface area contributed by atoms with E-state index in [4.69, 9.17) is 0 Å². The fourth-order valence-corrected chi connectivity index (χ4v) is 2.08. The molecule has 0 atom stereocenters. The molecule has 0 amide bonds. The van der Waals surface area contributed by atoms with E-state index in [1.165, 1.54) is 0 Å². The Morgan fingerprint density at radius 1 is 1.43 bits per heavy atom. The zero-order valence-electron chi connectivity index (χ0n) is 8.57. The summed E-state index contributed by atoms with van der Waals surface area (Å²) in [4.78, 5) is 1.92. The molecule has 1 aromatic rings. The van der Waals surface area contributed by atoms with E-state index in [1.807, 2.05) is 25.9 Å². The Morgan fingerprint density at radius 2 is 2.07 bits per heavy atom. The summed E-state index contributed by atoms with van der Waals surface area (Å²) in [5.41, 5.74) is 2.76. The summed E-state index contributed by atoms with van der Waals surface area (Å²) in [7, 11) is 1.43. The number of nitrogens with zero attached hydrogens (tertiary/aromatic N) is 1. The molecule has 14 heavy (non-hydrogen) atoms. The van der Waals surface area contributed by atoms with Gasteiger partial charge in [0.15, 0.2) is 0 Å². The summed E-state index contributed by atoms with van der Waals surface area (Å²) < 4.78 is 21.3. The molecule has 0 fully saturated rings. The van der Waals surface area contributed by atoms with Crippen molar-refractivity contribution in [1.82, 2.24) is 0 Å². The summed E-state index contributed by atoms with van der Waals surface area (Å²) in [6, 6.07) is 6.62. The minimum absolute atomic E-state index is 0.0956. The maximum Gasteiger partial charge on any atom is 0.144 e. The number of benzene rings is 1. The second-order valence-electron chi connectivity index (χ2n) is 3.36. The van der Waals surface area contributed by atoms with Crippen molar-refractivity contribution in [2.45, 2.75) is 12.7 Å². The minimum Gasteiger partial charge on any atom is -0.377 e. The molecule has 1 rings (SSSR count). The molecule has 0 unspecified atom stereocenters. The maximum absolute atomic E-state index is 10.7. The first-order valence-electron chi connectivity index (χ1n) is 4.31. The number of aryl methyl sites for hydroxylation is 1. The highest BCUT2D eigenvalue weighted by atomic mass is 32.2. The van der Waals surface area contributed by atoms with Crippen LogP contribution in [0.1, 0.15) is 11.1 Å². The number of hydrogen-bond acceptors (Lipinski definition) is 3. The molecule has 0 aliphatic heterocycles. The van der Waals surface area contributed by atoms with Gasteiger partial charge >= 0.3 is 0 Å². The molecule has 0 bridgehead atoms. The lowest BCUT2D eigenvalue weighted by Gasteiger charge is -2.18. The van der Waals surface area contributed by atoms with Crippen molar-refractivity contribution in [3.8, 4) is 0 Å². The molecule has 0 saturated heterocycles. The lowest BCUT2D eigenvalue weighted by atomic mass is 10.1. The van der Waals surface area contributed by atoms with E-state index in [0.29, 0.717) is 0 Å². The van der Waals surface area contributed by atoms with Crippen LogP contribution in [0.4, 0.5) is 5.69 Å². The summed E-state index contributed by atoms with van der Waals surface area (Å²) in [5, 5.41) is 0. The highest BCUT2D eigenvalue weighted by Crippen LogP contribution is 2.23.